The van der Waals surface area contributed by atoms with Crippen LogP contribution in [0, 0.1) is 13.8 Å². The first kappa shape index (κ1) is 14.1. The van der Waals surface area contributed by atoms with Crippen molar-refractivity contribution in [1.29, 1.82) is 0 Å². The Balaban J connectivity index is 2.29. The summed E-state index contributed by atoms with van der Waals surface area (Å²) in [6.07, 6.45) is 0. The summed E-state index contributed by atoms with van der Waals surface area (Å²) >= 11 is 0. The average molecular weight is 268 g/mol. The first-order chi connectivity index (χ1) is 9.52. The van der Waals surface area contributed by atoms with E-state index in [0.717, 1.165) is 22.5 Å². The Morgan fingerprint density at radius 3 is 2.30 bits per heavy atom. The van der Waals surface area contributed by atoms with E-state index in [1.807, 2.05) is 64.3 Å². The van der Waals surface area contributed by atoms with E-state index in [1.165, 1.54) is 0 Å². The van der Waals surface area contributed by atoms with Gasteiger partial charge in [-0.15, -0.1) is 0 Å². The van der Waals surface area contributed by atoms with Gasteiger partial charge < -0.3 is 10.2 Å². The molecule has 1 amide bonds. The number of rotatable bonds is 3. The molecule has 0 unspecified atom stereocenters. The van der Waals surface area contributed by atoms with Crippen LogP contribution >= 0.6 is 0 Å². The Kier molecular flexibility index (Phi) is 4.08. The van der Waals surface area contributed by atoms with Crippen LogP contribution in [0.1, 0.15) is 21.5 Å². The van der Waals surface area contributed by atoms with E-state index >= 15 is 0 Å². The number of amides is 1. The zero-order valence-corrected chi connectivity index (χ0v) is 12.4. The SMILES string of the molecule is CNc1ccc(C(=O)N(C)c2cc(C)ccc2C)cc1. The zero-order chi connectivity index (χ0) is 14.7. The topological polar surface area (TPSA) is 32.3 Å². The Labute approximate surface area is 120 Å². The molecule has 20 heavy (non-hydrogen) atoms. The molecule has 3 heteroatoms. The lowest BCUT2D eigenvalue weighted by Crippen LogP contribution is -2.26. The van der Waals surface area contributed by atoms with Crippen molar-refractivity contribution in [3.05, 3.63) is 59.2 Å². The Morgan fingerprint density at radius 2 is 1.70 bits per heavy atom. The molecule has 0 aromatic heterocycles. The molecule has 3 nitrogen and oxygen atoms in total. The summed E-state index contributed by atoms with van der Waals surface area (Å²) in [6.45, 7) is 4.05. The fraction of sp³-hybridized carbons (Fsp3) is 0.235. The summed E-state index contributed by atoms with van der Waals surface area (Å²) in [5.74, 6) is 0.00125. The Morgan fingerprint density at radius 1 is 1.05 bits per heavy atom. The normalized spacial score (nSPS) is 10.2. The largest absolute Gasteiger partial charge is 0.388 e. The Hall–Kier alpha value is -2.29. The van der Waals surface area contributed by atoms with Crippen LogP contribution in [0.4, 0.5) is 11.4 Å². The van der Waals surface area contributed by atoms with Crippen LogP contribution in [0.3, 0.4) is 0 Å². The molecule has 0 saturated carbocycles. The van der Waals surface area contributed by atoms with Crippen molar-refractivity contribution in [2.24, 2.45) is 0 Å². The summed E-state index contributed by atoms with van der Waals surface area (Å²) < 4.78 is 0. The van der Waals surface area contributed by atoms with Crippen molar-refractivity contribution >= 4 is 17.3 Å². The van der Waals surface area contributed by atoms with E-state index in [1.54, 1.807) is 4.90 Å². The highest BCUT2D eigenvalue weighted by atomic mass is 16.2. The second-order valence-electron chi connectivity index (χ2n) is 4.98. The molecule has 2 aromatic rings. The smallest absolute Gasteiger partial charge is 0.258 e. The van der Waals surface area contributed by atoms with Gasteiger partial charge in [0.1, 0.15) is 0 Å². The minimum absolute atomic E-state index is 0.00125. The predicted molar refractivity (Wildman–Crippen MR) is 84.6 cm³/mol. The van der Waals surface area contributed by atoms with Crippen molar-refractivity contribution in [2.45, 2.75) is 13.8 Å². The lowest BCUT2D eigenvalue weighted by Gasteiger charge is -2.20. The van der Waals surface area contributed by atoms with Crippen LogP contribution in [0.5, 0.6) is 0 Å². The molecule has 0 saturated heterocycles. The van der Waals surface area contributed by atoms with Crippen molar-refractivity contribution in [1.82, 2.24) is 0 Å². The monoisotopic (exact) mass is 268 g/mol. The molecule has 0 aliphatic rings. The summed E-state index contributed by atoms with van der Waals surface area (Å²) in [5, 5.41) is 3.05. The molecule has 104 valence electrons. The fourth-order valence-electron chi connectivity index (χ4n) is 2.16. The molecule has 0 aliphatic carbocycles. The van der Waals surface area contributed by atoms with Gasteiger partial charge in [0.25, 0.3) is 5.91 Å². The first-order valence-electron chi connectivity index (χ1n) is 6.66. The zero-order valence-electron chi connectivity index (χ0n) is 12.4. The van der Waals surface area contributed by atoms with Crippen molar-refractivity contribution in [3.63, 3.8) is 0 Å². The van der Waals surface area contributed by atoms with Gasteiger partial charge in [0.2, 0.25) is 0 Å². The van der Waals surface area contributed by atoms with Gasteiger partial charge in [-0.2, -0.15) is 0 Å². The highest BCUT2D eigenvalue weighted by molar-refractivity contribution is 6.06. The molecule has 0 atom stereocenters. The lowest BCUT2D eigenvalue weighted by molar-refractivity contribution is 0.0993. The summed E-state index contributed by atoms with van der Waals surface area (Å²) in [4.78, 5) is 14.2. The number of carbonyl (C=O) groups is 1. The number of hydrogen-bond donors (Lipinski definition) is 1. The molecule has 1 N–H and O–H groups in total. The Bertz CT molecular complexity index is 617. The third-order valence-electron chi connectivity index (χ3n) is 3.45. The predicted octanol–water partition coefficient (Wildman–Crippen LogP) is 3.62. The minimum Gasteiger partial charge on any atom is -0.388 e. The third kappa shape index (κ3) is 2.82. The molecular formula is C17H20N2O. The van der Waals surface area contributed by atoms with Crippen molar-refractivity contribution in [2.75, 3.05) is 24.3 Å². The maximum atomic E-state index is 12.5. The second kappa shape index (κ2) is 5.78. The molecule has 0 radical (unpaired) electrons. The summed E-state index contributed by atoms with van der Waals surface area (Å²) in [5.41, 5.74) is 4.88. The van der Waals surface area contributed by atoms with Crippen LogP contribution in [0.15, 0.2) is 42.5 Å². The van der Waals surface area contributed by atoms with Crippen LogP contribution in [-0.4, -0.2) is 20.0 Å². The van der Waals surface area contributed by atoms with Gasteiger partial charge in [-0.1, -0.05) is 12.1 Å². The van der Waals surface area contributed by atoms with E-state index in [-0.39, 0.29) is 5.91 Å². The molecule has 0 fully saturated rings. The molecule has 0 aliphatic heterocycles. The van der Waals surface area contributed by atoms with Crippen molar-refractivity contribution < 1.29 is 4.79 Å². The van der Waals surface area contributed by atoms with Crippen LogP contribution in [0.2, 0.25) is 0 Å². The van der Waals surface area contributed by atoms with E-state index in [4.69, 9.17) is 0 Å². The summed E-state index contributed by atoms with van der Waals surface area (Å²) in [7, 11) is 3.68. The van der Waals surface area contributed by atoms with Crippen LogP contribution in [0.25, 0.3) is 0 Å². The van der Waals surface area contributed by atoms with Crippen LogP contribution in [-0.2, 0) is 0 Å². The summed E-state index contributed by atoms with van der Waals surface area (Å²) in [6, 6.07) is 13.6. The van der Waals surface area contributed by atoms with E-state index in [9.17, 15) is 4.79 Å². The van der Waals surface area contributed by atoms with Gasteiger partial charge in [0.15, 0.2) is 0 Å². The second-order valence-corrected chi connectivity index (χ2v) is 4.98. The van der Waals surface area contributed by atoms with Gasteiger partial charge in [0.05, 0.1) is 0 Å². The number of anilines is 2. The number of benzene rings is 2. The number of nitrogens with one attached hydrogen (secondary N) is 1. The number of carbonyl (C=O) groups excluding carboxylic acids is 1. The number of hydrogen-bond acceptors (Lipinski definition) is 2. The van der Waals surface area contributed by atoms with Crippen LogP contribution < -0.4 is 10.2 Å². The van der Waals surface area contributed by atoms with Gasteiger partial charge in [-0.05, 0) is 55.3 Å². The average Bonchev–Trinajstić information content (AvgIpc) is 2.48. The van der Waals surface area contributed by atoms with Gasteiger partial charge in [-0.25, -0.2) is 0 Å². The molecule has 0 heterocycles. The minimum atomic E-state index is 0.00125. The fourth-order valence-corrected chi connectivity index (χ4v) is 2.16. The number of aryl methyl sites for hydroxylation is 2. The number of nitrogens with zero attached hydrogens (tertiary/aromatic N) is 1. The van der Waals surface area contributed by atoms with Gasteiger partial charge in [0, 0.05) is 31.0 Å². The van der Waals surface area contributed by atoms with E-state index < -0.39 is 0 Å². The highest BCUT2D eigenvalue weighted by Crippen LogP contribution is 2.22. The third-order valence-corrected chi connectivity index (χ3v) is 3.45. The maximum absolute atomic E-state index is 12.5. The van der Waals surface area contributed by atoms with E-state index in [2.05, 4.69) is 11.4 Å². The molecule has 2 rings (SSSR count). The standard InChI is InChI=1S/C17H20N2O/c1-12-5-6-13(2)16(11-12)19(4)17(20)14-7-9-15(18-3)10-8-14/h5-11,18H,1-4H3. The highest BCUT2D eigenvalue weighted by Gasteiger charge is 2.15. The molecular weight excluding hydrogens is 248 g/mol. The van der Waals surface area contributed by atoms with Gasteiger partial charge in [-0.3, -0.25) is 4.79 Å². The van der Waals surface area contributed by atoms with Gasteiger partial charge >= 0.3 is 0 Å². The maximum Gasteiger partial charge on any atom is 0.258 e. The van der Waals surface area contributed by atoms with E-state index in [0.29, 0.717) is 5.56 Å². The molecule has 0 bridgehead atoms. The molecule has 0 spiro atoms. The quantitative estimate of drug-likeness (QED) is 0.922. The van der Waals surface area contributed by atoms with Crippen molar-refractivity contribution in [3.8, 4) is 0 Å². The lowest BCUT2D eigenvalue weighted by atomic mass is 10.1. The first-order valence-corrected chi connectivity index (χ1v) is 6.66. The molecule has 2 aromatic carbocycles.